The van der Waals surface area contributed by atoms with Gasteiger partial charge in [0.25, 0.3) is 0 Å². The first kappa shape index (κ1) is 14.2. The number of Topliss-reactive ketones (excluding diaryl/α,β-unsaturated/α-hetero) is 1. The number of hydrogen-bond donors (Lipinski definition) is 0. The van der Waals surface area contributed by atoms with Gasteiger partial charge in [0.1, 0.15) is 0 Å². The third kappa shape index (κ3) is 4.49. The number of rotatable bonds is 7. The van der Waals surface area contributed by atoms with Gasteiger partial charge in [-0.15, -0.1) is 0 Å². The molecule has 1 aromatic rings. The van der Waals surface area contributed by atoms with Crippen LogP contribution >= 0.6 is 11.6 Å². The SMILES string of the molecule is CCCN(CCC)CC(=O)c1ccccc1Cl. The van der Waals surface area contributed by atoms with E-state index in [2.05, 4.69) is 18.7 Å². The van der Waals surface area contributed by atoms with Crippen LogP contribution in [-0.2, 0) is 0 Å². The summed E-state index contributed by atoms with van der Waals surface area (Å²) < 4.78 is 0. The Labute approximate surface area is 109 Å². The normalized spacial score (nSPS) is 10.8. The van der Waals surface area contributed by atoms with Gasteiger partial charge < -0.3 is 0 Å². The minimum Gasteiger partial charge on any atom is -0.296 e. The maximum absolute atomic E-state index is 12.1. The average molecular weight is 254 g/mol. The molecular weight excluding hydrogens is 234 g/mol. The number of nitrogens with zero attached hydrogens (tertiary/aromatic N) is 1. The molecule has 0 aromatic heterocycles. The highest BCUT2D eigenvalue weighted by molar-refractivity contribution is 6.34. The molecule has 0 saturated carbocycles. The van der Waals surface area contributed by atoms with E-state index in [-0.39, 0.29) is 5.78 Å². The first-order valence-electron chi connectivity index (χ1n) is 6.19. The number of carbonyl (C=O) groups excluding carboxylic acids is 1. The Kier molecular flexibility index (Phi) is 6.23. The summed E-state index contributed by atoms with van der Waals surface area (Å²) in [5.74, 6) is 0.109. The van der Waals surface area contributed by atoms with E-state index in [0.29, 0.717) is 17.1 Å². The van der Waals surface area contributed by atoms with Crippen LogP contribution in [0.25, 0.3) is 0 Å². The molecule has 0 saturated heterocycles. The van der Waals surface area contributed by atoms with Crippen molar-refractivity contribution in [1.29, 1.82) is 0 Å². The molecule has 0 fully saturated rings. The Balaban J connectivity index is 2.67. The second-order valence-corrected chi connectivity index (χ2v) is 4.59. The molecule has 2 nitrogen and oxygen atoms in total. The molecular formula is C14H20ClNO. The van der Waals surface area contributed by atoms with Crippen LogP contribution in [0.1, 0.15) is 37.0 Å². The number of hydrogen-bond acceptors (Lipinski definition) is 2. The highest BCUT2D eigenvalue weighted by Gasteiger charge is 2.13. The molecule has 1 aromatic carbocycles. The third-order valence-corrected chi connectivity index (χ3v) is 2.95. The molecule has 94 valence electrons. The van der Waals surface area contributed by atoms with E-state index in [1.165, 1.54) is 0 Å². The monoisotopic (exact) mass is 253 g/mol. The number of ketones is 1. The lowest BCUT2D eigenvalue weighted by Gasteiger charge is -2.20. The van der Waals surface area contributed by atoms with Crippen LogP contribution in [0.4, 0.5) is 0 Å². The van der Waals surface area contributed by atoms with E-state index in [1.807, 2.05) is 12.1 Å². The van der Waals surface area contributed by atoms with Gasteiger partial charge >= 0.3 is 0 Å². The van der Waals surface area contributed by atoms with Crippen molar-refractivity contribution < 1.29 is 4.79 Å². The predicted molar refractivity (Wildman–Crippen MR) is 72.8 cm³/mol. The Morgan fingerprint density at radius 3 is 2.29 bits per heavy atom. The van der Waals surface area contributed by atoms with Gasteiger partial charge in [0.05, 0.1) is 11.6 Å². The van der Waals surface area contributed by atoms with Gasteiger partial charge in [0.2, 0.25) is 0 Å². The van der Waals surface area contributed by atoms with Gasteiger partial charge in [-0.1, -0.05) is 37.6 Å². The van der Waals surface area contributed by atoms with Crippen LogP contribution in [0, 0.1) is 0 Å². The molecule has 0 N–H and O–H groups in total. The molecule has 0 aliphatic rings. The van der Waals surface area contributed by atoms with Crippen molar-refractivity contribution >= 4 is 17.4 Å². The van der Waals surface area contributed by atoms with Crippen molar-refractivity contribution in [3.05, 3.63) is 34.9 Å². The number of halogens is 1. The fourth-order valence-electron chi connectivity index (χ4n) is 1.88. The topological polar surface area (TPSA) is 20.3 Å². The molecule has 0 aliphatic heterocycles. The zero-order chi connectivity index (χ0) is 12.7. The molecule has 0 atom stereocenters. The highest BCUT2D eigenvalue weighted by atomic mass is 35.5. The van der Waals surface area contributed by atoms with Gasteiger partial charge in [-0.3, -0.25) is 9.69 Å². The zero-order valence-electron chi connectivity index (χ0n) is 10.6. The first-order chi connectivity index (χ1) is 8.19. The Bertz CT molecular complexity index is 359. The molecule has 1 rings (SSSR count). The fourth-order valence-corrected chi connectivity index (χ4v) is 2.12. The first-order valence-corrected chi connectivity index (χ1v) is 6.56. The zero-order valence-corrected chi connectivity index (χ0v) is 11.3. The van der Waals surface area contributed by atoms with E-state index in [9.17, 15) is 4.79 Å². The van der Waals surface area contributed by atoms with Crippen LogP contribution in [0.3, 0.4) is 0 Å². The smallest absolute Gasteiger partial charge is 0.178 e. The summed E-state index contributed by atoms with van der Waals surface area (Å²) >= 11 is 6.02. The van der Waals surface area contributed by atoms with Crippen molar-refractivity contribution in [3.63, 3.8) is 0 Å². The summed E-state index contributed by atoms with van der Waals surface area (Å²) in [6.07, 6.45) is 2.13. The highest BCUT2D eigenvalue weighted by Crippen LogP contribution is 2.16. The second-order valence-electron chi connectivity index (χ2n) is 4.18. The summed E-state index contributed by atoms with van der Waals surface area (Å²) in [7, 11) is 0. The molecule has 17 heavy (non-hydrogen) atoms. The van der Waals surface area contributed by atoms with Crippen molar-refractivity contribution in [2.75, 3.05) is 19.6 Å². The van der Waals surface area contributed by atoms with Gasteiger partial charge in [-0.05, 0) is 38.1 Å². The number of carbonyl (C=O) groups is 1. The molecule has 0 aliphatic carbocycles. The van der Waals surface area contributed by atoms with E-state index in [0.717, 1.165) is 25.9 Å². The second kappa shape index (κ2) is 7.46. The summed E-state index contributed by atoms with van der Waals surface area (Å²) in [6.45, 7) is 6.64. The molecule has 0 heterocycles. The summed E-state index contributed by atoms with van der Waals surface area (Å²) in [5.41, 5.74) is 0.631. The predicted octanol–water partition coefficient (Wildman–Crippen LogP) is 3.64. The minimum absolute atomic E-state index is 0.109. The van der Waals surface area contributed by atoms with E-state index < -0.39 is 0 Å². The molecule has 3 heteroatoms. The van der Waals surface area contributed by atoms with E-state index >= 15 is 0 Å². The standard InChI is InChI=1S/C14H20ClNO/c1-3-9-16(10-4-2)11-14(17)12-7-5-6-8-13(12)15/h5-8H,3-4,9-11H2,1-2H3. The molecule has 0 amide bonds. The van der Waals surface area contributed by atoms with Crippen molar-refractivity contribution in [2.24, 2.45) is 0 Å². The van der Waals surface area contributed by atoms with Crippen molar-refractivity contribution in [1.82, 2.24) is 4.90 Å². The van der Waals surface area contributed by atoms with Crippen molar-refractivity contribution in [2.45, 2.75) is 26.7 Å². The maximum Gasteiger partial charge on any atom is 0.178 e. The van der Waals surface area contributed by atoms with Crippen LogP contribution in [0.2, 0.25) is 5.02 Å². The van der Waals surface area contributed by atoms with Crippen LogP contribution in [0.5, 0.6) is 0 Å². The lowest BCUT2D eigenvalue weighted by atomic mass is 10.1. The van der Waals surface area contributed by atoms with Gasteiger partial charge in [0.15, 0.2) is 5.78 Å². The van der Waals surface area contributed by atoms with Crippen LogP contribution in [0.15, 0.2) is 24.3 Å². The lowest BCUT2D eigenvalue weighted by Crippen LogP contribution is -2.31. The Morgan fingerprint density at radius 1 is 1.18 bits per heavy atom. The summed E-state index contributed by atoms with van der Waals surface area (Å²) in [4.78, 5) is 14.3. The number of benzene rings is 1. The molecule has 0 spiro atoms. The van der Waals surface area contributed by atoms with Gasteiger partial charge in [-0.25, -0.2) is 0 Å². The lowest BCUT2D eigenvalue weighted by molar-refractivity contribution is 0.0931. The summed E-state index contributed by atoms with van der Waals surface area (Å²) in [5, 5.41) is 0.547. The quantitative estimate of drug-likeness (QED) is 0.692. The largest absolute Gasteiger partial charge is 0.296 e. The molecule has 0 radical (unpaired) electrons. The van der Waals surface area contributed by atoms with Gasteiger partial charge in [0, 0.05) is 5.56 Å². The Morgan fingerprint density at radius 2 is 1.76 bits per heavy atom. The average Bonchev–Trinajstić information content (AvgIpc) is 2.30. The third-order valence-electron chi connectivity index (χ3n) is 2.62. The van der Waals surface area contributed by atoms with E-state index in [4.69, 9.17) is 11.6 Å². The van der Waals surface area contributed by atoms with Gasteiger partial charge in [-0.2, -0.15) is 0 Å². The maximum atomic E-state index is 12.1. The molecule has 0 bridgehead atoms. The summed E-state index contributed by atoms with van der Waals surface area (Å²) in [6, 6.07) is 7.25. The fraction of sp³-hybridized carbons (Fsp3) is 0.500. The molecule has 0 unspecified atom stereocenters. The van der Waals surface area contributed by atoms with Crippen molar-refractivity contribution in [3.8, 4) is 0 Å². The van der Waals surface area contributed by atoms with Crippen LogP contribution in [-0.4, -0.2) is 30.3 Å². The Hall–Kier alpha value is -0.860. The van der Waals surface area contributed by atoms with Crippen LogP contribution < -0.4 is 0 Å². The van der Waals surface area contributed by atoms with E-state index in [1.54, 1.807) is 12.1 Å². The minimum atomic E-state index is 0.109.